The zero-order valence-electron chi connectivity index (χ0n) is 5.08. The topological polar surface area (TPSA) is 34.3 Å². The molecule has 0 amide bonds. The summed E-state index contributed by atoms with van der Waals surface area (Å²) in [5.74, 6) is 0. The third-order valence-electron chi connectivity index (χ3n) is 1.32. The first-order chi connectivity index (χ1) is 4.45. The van der Waals surface area contributed by atoms with E-state index < -0.39 is 0 Å². The van der Waals surface area contributed by atoms with Gasteiger partial charge in [-0.3, -0.25) is 0 Å². The molecule has 9 heavy (non-hydrogen) atoms. The van der Waals surface area contributed by atoms with Crippen LogP contribution in [-0.4, -0.2) is 32.0 Å². The number of epoxide rings is 2. The lowest BCUT2D eigenvalue weighted by Gasteiger charge is -1.95. The van der Waals surface area contributed by atoms with E-state index >= 15 is 0 Å². The second-order valence-electron chi connectivity index (χ2n) is 2.30. The van der Waals surface area contributed by atoms with E-state index in [1.807, 2.05) is 0 Å². The Bertz CT molecular complexity index is 84.5. The molecule has 2 fully saturated rings. The van der Waals surface area contributed by atoms with Gasteiger partial charge in [-0.05, 0) is 0 Å². The minimum Gasteiger partial charge on any atom is -0.376 e. The summed E-state index contributed by atoms with van der Waals surface area (Å²) < 4.78 is 15.0. The molecule has 2 heterocycles. The van der Waals surface area contributed by atoms with E-state index in [2.05, 4.69) is 0 Å². The summed E-state index contributed by atoms with van der Waals surface area (Å²) in [6.45, 7) is 4.07. The summed E-state index contributed by atoms with van der Waals surface area (Å²) in [7, 11) is 0. The van der Waals surface area contributed by atoms with Crippen molar-refractivity contribution in [3.63, 3.8) is 0 Å². The van der Waals surface area contributed by atoms with Crippen LogP contribution in [0.4, 0.5) is 0 Å². The summed E-state index contributed by atoms with van der Waals surface area (Å²) in [6, 6.07) is 0. The third kappa shape index (κ3) is 1.93. The number of hydrogen-bond acceptors (Lipinski definition) is 3. The molecule has 3 nitrogen and oxygen atoms in total. The number of ether oxygens (including phenoxy) is 3. The van der Waals surface area contributed by atoms with E-state index in [1.54, 1.807) is 6.61 Å². The fraction of sp³-hybridized carbons (Fsp3) is 0.833. The van der Waals surface area contributed by atoms with Crippen LogP contribution in [0, 0.1) is 6.61 Å². The molecule has 2 atom stereocenters. The second-order valence-corrected chi connectivity index (χ2v) is 2.30. The number of hydrogen-bond donors (Lipinski definition) is 0. The summed E-state index contributed by atoms with van der Waals surface area (Å²) >= 11 is 0. The lowest BCUT2D eigenvalue weighted by atomic mass is 10.5. The van der Waals surface area contributed by atoms with Crippen molar-refractivity contribution in [1.29, 1.82) is 0 Å². The highest BCUT2D eigenvalue weighted by molar-refractivity contribution is 4.82. The van der Waals surface area contributed by atoms with E-state index in [4.69, 9.17) is 14.2 Å². The van der Waals surface area contributed by atoms with E-state index in [9.17, 15) is 0 Å². The van der Waals surface area contributed by atoms with Crippen LogP contribution >= 0.6 is 0 Å². The largest absolute Gasteiger partial charge is 0.376 e. The summed E-state index contributed by atoms with van der Waals surface area (Å²) in [5, 5.41) is 0. The van der Waals surface area contributed by atoms with Crippen LogP contribution in [0.5, 0.6) is 0 Å². The Labute approximate surface area is 53.9 Å². The SMILES string of the molecule is [CH]1OC1COCC1CO1. The molecule has 0 N–H and O–H groups in total. The van der Waals surface area contributed by atoms with E-state index in [0.29, 0.717) is 12.7 Å². The summed E-state index contributed by atoms with van der Waals surface area (Å²) in [4.78, 5) is 0. The Hall–Kier alpha value is -0.120. The zero-order chi connectivity index (χ0) is 6.10. The lowest BCUT2D eigenvalue weighted by molar-refractivity contribution is 0.102. The minimum atomic E-state index is 0.267. The maximum absolute atomic E-state index is 5.20. The van der Waals surface area contributed by atoms with Crippen molar-refractivity contribution in [2.45, 2.75) is 12.2 Å². The fourth-order valence-electron chi connectivity index (χ4n) is 0.614. The highest BCUT2D eigenvalue weighted by Gasteiger charge is 2.26. The maximum Gasteiger partial charge on any atom is 0.115 e. The molecule has 0 aromatic rings. The normalized spacial score (nSPS) is 38.7. The van der Waals surface area contributed by atoms with Gasteiger partial charge in [-0.2, -0.15) is 0 Å². The van der Waals surface area contributed by atoms with Gasteiger partial charge in [0.05, 0.1) is 19.8 Å². The van der Waals surface area contributed by atoms with Gasteiger partial charge in [0, 0.05) is 0 Å². The monoisotopic (exact) mass is 129 g/mol. The van der Waals surface area contributed by atoms with E-state index in [1.165, 1.54) is 0 Å². The van der Waals surface area contributed by atoms with Crippen LogP contribution in [-0.2, 0) is 14.2 Å². The Kier molecular flexibility index (Phi) is 1.41. The van der Waals surface area contributed by atoms with Crippen LogP contribution in [0.25, 0.3) is 0 Å². The van der Waals surface area contributed by atoms with Crippen molar-refractivity contribution in [3.8, 4) is 0 Å². The van der Waals surface area contributed by atoms with Crippen LogP contribution in [0.3, 0.4) is 0 Å². The molecule has 2 aliphatic heterocycles. The zero-order valence-corrected chi connectivity index (χ0v) is 5.08. The second kappa shape index (κ2) is 2.25. The highest BCUT2D eigenvalue weighted by atomic mass is 16.6. The fourth-order valence-corrected chi connectivity index (χ4v) is 0.614. The van der Waals surface area contributed by atoms with Crippen molar-refractivity contribution < 1.29 is 14.2 Å². The molecule has 1 radical (unpaired) electrons. The third-order valence-corrected chi connectivity index (χ3v) is 1.32. The van der Waals surface area contributed by atoms with Gasteiger partial charge >= 0.3 is 0 Å². The van der Waals surface area contributed by atoms with Gasteiger partial charge < -0.3 is 14.2 Å². The van der Waals surface area contributed by atoms with Crippen molar-refractivity contribution >= 4 is 0 Å². The van der Waals surface area contributed by atoms with Gasteiger partial charge in [0.25, 0.3) is 0 Å². The first-order valence-electron chi connectivity index (χ1n) is 3.13. The molecule has 0 aliphatic carbocycles. The molecule has 0 aromatic carbocycles. The Morgan fingerprint density at radius 2 is 2.33 bits per heavy atom. The quantitative estimate of drug-likeness (QED) is 0.499. The van der Waals surface area contributed by atoms with Gasteiger partial charge in [-0.1, -0.05) is 0 Å². The Balaban J connectivity index is 1.46. The van der Waals surface area contributed by atoms with Gasteiger partial charge in [0.1, 0.15) is 18.8 Å². The van der Waals surface area contributed by atoms with Crippen molar-refractivity contribution in [2.75, 3.05) is 19.8 Å². The van der Waals surface area contributed by atoms with Crippen LogP contribution in [0.1, 0.15) is 0 Å². The molecular formula is C6H9O3. The van der Waals surface area contributed by atoms with Crippen LogP contribution in [0.15, 0.2) is 0 Å². The first-order valence-corrected chi connectivity index (χ1v) is 3.13. The van der Waals surface area contributed by atoms with Crippen LogP contribution in [0.2, 0.25) is 0 Å². The molecule has 2 saturated heterocycles. The smallest absolute Gasteiger partial charge is 0.115 e. The molecule has 2 unspecified atom stereocenters. The highest BCUT2D eigenvalue weighted by Crippen LogP contribution is 2.16. The lowest BCUT2D eigenvalue weighted by Crippen LogP contribution is -2.06. The van der Waals surface area contributed by atoms with Gasteiger partial charge in [0.15, 0.2) is 0 Å². The molecule has 0 saturated carbocycles. The van der Waals surface area contributed by atoms with Gasteiger partial charge in [0.2, 0.25) is 0 Å². The van der Waals surface area contributed by atoms with E-state index in [0.717, 1.165) is 13.2 Å². The van der Waals surface area contributed by atoms with Crippen molar-refractivity contribution in [1.82, 2.24) is 0 Å². The van der Waals surface area contributed by atoms with Crippen molar-refractivity contribution in [3.05, 3.63) is 6.61 Å². The summed E-state index contributed by atoms with van der Waals surface area (Å²) in [5.41, 5.74) is 0. The average molecular weight is 129 g/mol. The molecule has 2 rings (SSSR count). The van der Waals surface area contributed by atoms with Crippen molar-refractivity contribution in [2.24, 2.45) is 0 Å². The molecule has 2 aliphatic rings. The van der Waals surface area contributed by atoms with Gasteiger partial charge in [-0.15, -0.1) is 0 Å². The Morgan fingerprint density at radius 1 is 1.56 bits per heavy atom. The predicted molar refractivity (Wildman–Crippen MR) is 29.7 cm³/mol. The standard InChI is InChI=1S/C6H9O3/c1(5-3-8-5)7-2-6-4-9-6/h3,5-6H,1-2,4H2. The molecule has 0 bridgehead atoms. The molecule has 51 valence electrons. The predicted octanol–water partition coefficient (Wildman–Crippen LogP) is -0.0376. The van der Waals surface area contributed by atoms with Crippen LogP contribution < -0.4 is 0 Å². The van der Waals surface area contributed by atoms with Gasteiger partial charge in [-0.25, -0.2) is 0 Å². The molecule has 3 heteroatoms. The first kappa shape index (κ1) is 5.65. The minimum absolute atomic E-state index is 0.267. The average Bonchev–Trinajstić information content (AvgIpc) is 2.57. The van der Waals surface area contributed by atoms with E-state index in [-0.39, 0.29) is 6.10 Å². The molecule has 0 spiro atoms. The molecule has 0 aromatic heterocycles. The number of rotatable bonds is 4. The molecular weight excluding hydrogens is 120 g/mol. The Morgan fingerprint density at radius 3 is 2.89 bits per heavy atom. The summed E-state index contributed by atoms with van der Waals surface area (Å²) in [6.07, 6.45) is 0.646. The maximum atomic E-state index is 5.20.